The Hall–Kier alpha value is -0.940. The van der Waals surface area contributed by atoms with Crippen LogP contribution in [-0.4, -0.2) is 38.5 Å². The molecule has 0 aliphatic carbocycles. The van der Waals surface area contributed by atoms with Gasteiger partial charge in [-0.05, 0) is 31.9 Å². The number of ether oxygens (including phenoxy) is 1. The molecule has 1 aromatic rings. The van der Waals surface area contributed by atoms with Gasteiger partial charge in [-0.1, -0.05) is 0 Å². The highest BCUT2D eigenvalue weighted by Crippen LogP contribution is 2.27. The van der Waals surface area contributed by atoms with E-state index < -0.39 is 10.0 Å². The Kier molecular flexibility index (Phi) is 4.58. The summed E-state index contributed by atoms with van der Waals surface area (Å²) in [5, 5.41) is 8.76. The van der Waals surface area contributed by atoms with Crippen molar-refractivity contribution in [2.45, 2.75) is 30.1 Å². The largest absolute Gasteiger partial charge is 0.378 e. The third-order valence-electron chi connectivity index (χ3n) is 3.09. The zero-order valence-electron chi connectivity index (χ0n) is 10.7. The first-order chi connectivity index (χ1) is 9.07. The molecule has 7 heteroatoms. The topological polar surface area (TPSA) is 70.4 Å². The Balaban J connectivity index is 2.08. The first kappa shape index (κ1) is 14.5. The highest BCUT2D eigenvalue weighted by atomic mass is 32.2. The van der Waals surface area contributed by atoms with E-state index in [9.17, 15) is 8.42 Å². The average molecular weight is 300 g/mol. The molecule has 0 amide bonds. The maximum atomic E-state index is 12.4. The van der Waals surface area contributed by atoms with Gasteiger partial charge in [0.15, 0.2) is 0 Å². The normalized spacial score (nSPS) is 18.3. The molecule has 5 nitrogen and oxygen atoms in total. The molecule has 19 heavy (non-hydrogen) atoms. The monoisotopic (exact) mass is 300 g/mol. The molecule has 104 valence electrons. The number of hydrogen-bond acceptors (Lipinski definition) is 5. The molecule has 2 rings (SSSR count). The van der Waals surface area contributed by atoms with E-state index >= 15 is 0 Å². The molecule has 0 atom stereocenters. The molecular weight excluding hydrogens is 284 g/mol. The van der Waals surface area contributed by atoms with E-state index in [4.69, 9.17) is 10.00 Å². The highest BCUT2D eigenvalue weighted by molar-refractivity contribution is 7.91. The lowest BCUT2D eigenvalue weighted by Crippen LogP contribution is -2.40. The van der Waals surface area contributed by atoms with Gasteiger partial charge >= 0.3 is 0 Å². The lowest BCUT2D eigenvalue weighted by Gasteiger charge is -2.30. The fourth-order valence-electron chi connectivity index (χ4n) is 2.12. The third kappa shape index (κ3) is 3.15. The van der Waals surface area contributed by atoms with Crippen LogP contribution in [0.3, 0.4) is 0 Å². The number of piperidine rings is 1. The molecule has 1 fully saturated rings. The van der Waals surface area contributed by atoms with Gasteiger partial charge in [-0.2, -0.15) is 9.57 Å². The van der Waals surface area contributed by atoms with Gasteiger partial charge in [-0.15, -0.1) is 11.3 Å². The van der Waals surface area contributed by atoms with E-state index in [0.717, 1.165) is 24.2 Å². The molecule has 0 unspecified atom stereocenters. The van der Waals surface area contributed by atoms with Crippen LogP contribution in [0.1, 0.15) is 24.6 Å². The second-order valence-electron chi connectivity index (χ2n) is 4.29. The fraction of sp³-hybridized carbons (Fsp3) is 0.583. The molecule has 0 bridgehead atoms. The van der Waals surface area contributed by atoms with Crippen LogP contribution in [0, 0.1) is 11.3 Å². The third-order valence-corrected chi connectivity index (χ3v) is 6.44. The minimum Gasteiger partial charge on any atom is -0.378 e. The Morgan fingerprint density at radius 3 is 2.68 bits per heavy atom. The summed E-state index contributed by atoms with van der Waals surface area (Å²) in [5.41, 5.74) is 0. The summed E-state index contributed by atoms with van der Waals surface area (Å²) in [6.07, 6.45) is 1.61. The lowest BCUT2D eigenvalue weighted by molar-refractivity contribution is 0.0290. The molecular formula is C12H16N2O3S2. The molecule has 0 saturated carbocycles. The summed E-state index contributed by atoms with van der Waals surface area (Å²) >= 11 is 1.02. The molecule has 0 N–H and O–H groups in total. The van der Waals surface area contributed by atoms with Crippen molar-refractivity contribution in [2.75, 3.05) is 19.7 Å². The van der Waals surface area contributed by atoms with Crippen LogP contribution >= 0.6 is 11.3 Å². The molecule has 1 aliphatic heterocycles. The zero-order valence-corrected chi connectivity index (χ0v) is 12.3. The van der Waals surface area contributed by atoms with Crippen molar-refractivity contribution in [3.63, 3.8) is 0 Å². The van der Waals surface area contributed by atoms with Crippen LogP contribution in [0.15, 0.2) is 16.3 Å². The van der Waals surface area contributed by atoms with Crippen LogP contribution in [-0.2, 0) is 14.8 Å². The molecule has 0 spiro atoms. The lowest BCUT2D eigenvalue weighted by atomic mass is 10.1. The Morgan fingerprint density at radius 2 is 2.16 bits per heavy atom. The fourth-order valence-corrected chi connectivity index (χ4v) is 4.85. The van der Waals surface area contributed by atoms with Gasteiger partial charge in [-0.3, -0.25) is 0 Å². The number of hydrogen-bond donors (Lipinski definition) is 0. The van der Waals surface area contributed by atoms with Crippen LogP contribution in [0.25, 0.3) is 0 Å². The number of nitriles is 1. The van der Waals surface area contributed by atoms with Crippen LogP contribution in [0.2, 0.25) is 0 Å². The Morgan fingerprint density at radius 1 is 1.47 bits per heavy atom. The van der Waals surface area contributed by atoms with Crippen LogP contribution in [0.4, 0.5) is 0 Å². The predicted octanol–water partition coefficient (Wildman–Crippen LogP) is 1.81. The van der Waals surface area contributed by atoms with Crippen molar-refractivity contribution >= 4 is 21.4 Å². The van der Waals surface area contributed by atoms with E-state index in [-0.39, 0.29) is 10.3 Å². The van der Waals surface area contributed by atoms with E-state index in [0.29, 0.717) is 24.6 Å². The van der Waals surface area contributed by atoms with E-state index in [1.165, 1.54) is 10.4 Å². The summed E-state index contributed by atoms with van der Waals surface area (Å²) in [6, 6.07) is 5.01. The Labute approximate surface area is 117 Å². The summed E-state index contributed by atoms with van der Waals surface area (Å²) in [7, 11) is -3.44. The SMILES string of the molecule is CCOC1CCN(S(=O)(=O)c2ccc(C#N)s2)CC1. The standard InChI is InChI=1S/C12H16N2O3S2/c1-2-17-10-5-7-14(8-6-10)19(15,16)12-4-3-11(9-13)18-12/h3-4,10H,2,5-8H2,1H3. The summed E-state index contributed by atoms with van der Waals surface area (Å²) < 4.78 is 32.0. The number of sulfonamides is 1. The molecule has 0 radical (unpaired) electrons. The second-order valence-corrected chi connectivity index (χ2v) is 7.54. The van der Waals surface area contributed by atoms with Crippen molar-refractivity contribution in [2.24, 2.45) is 0 Å². The van der Waals surface area contributed by atoms with Crippen molar-refractivity contribution in [3.8, 4) is 6.07 Å². The average Bonchev–Trinajstić information content (AvgIpc) is 2.89. The maximum Gasteiger partial charge on any atom is 0.252 e. The first-order valence-electron chi connectivity index (χ1n) is 6.19. The maximum absolute atomic E-state index is 12.4. The van der Waals surface area contributed by atoms with E-state index in [1.807, 2.05) is 13.0 Å². The van der Waals surface area contributed by atoms with Crippen LogP contribution < -0.4 is 0 Å². The van der Waals surface area contributed by atoms with Crippen molar-refractivity contribution in [3.05, 3.63) is 17.0 Å². The number of thiophene rings is 1. The minimum absolute atomic E-state index is 0.162. The summed E-state index contributed by atoms with van der Waals surface area (Å²) in [5.74, 6) is 0. The number of rotatable bonds is 4. The van der Waals surface area contributed by atoms with E-state index in [2.05, 4.69) is 0 Å². The molecule has 0 aromatic carbocycles. The molecule has 1 aliphatic rings. The van der Waals surface area contributed by atoms with Gasteiger partial charge in [0.2, 0.25) is 0 Å². The summed E-state index contributed by atoms with van der Waals surface area (Å²) in [6.45, 7) is 3.56. The van der Waals surface area contributed by atoms with Gasteiger partial charge in [0.05, 0.1) is 6.10 Å². The minimum atomic E-state index is -3.44. The number of nitrogens with zero attached hydrogens (tertiary/aromatic N) is 2. The van der Waals surface area contributed by atoms with Crippen molar-refractivity contribution < 1.29 is 13.2 Å². The van der Waals surface area contributed by atoms with Gasteiger partial charge in [-0.25, -0.2) is 8.42 Å². The predicted molar refractivity (Wildman–Crippen MR) is 72.4 cm³/mol. The van der Waals surface area contributed by atoms with Gasteiger partial charge in [0.1, 0.15) is 15.2 Å². The van der Waals surface area contributed by atoms with Gasteiger partial charge in [0.25, 0.3) is 10.0 Å². The zero-order chi connectivity index (χ0) is 13.9. The quantitative estimate of drug-likeness (QED) is 0.850. The van der Waals surface area contributed by atoms with Gasteiger partial charge in [0, 0.05) is 19.7 Å². The van der Waals surface area contributed by atoms with Crippen LogP contribution in [0.5, 0.6) is 0 Å². The second kappa shape index (κ2) is 6.01. The first-order valence-corrected chi connectivity index (χ1v) is 8.45. The smallest absolute Gasteiger partial charge is 0.252 e. The van der Waals surface area contributed by atoms with Crippen molar-refractivity contribution in [1.29, 1.82) is 5.26 Å². The summed E-state index contributed by atoms with van der Waals surface area (Å²) in [4.78, 5) is 0.419. The van der Waals surface area contributed by atoms with E-state index in [1.54, 1.807) is 6.07 Å². The molecule has 1 saturated heterocycles. The Bertz CT molecular complexity index is 566. The highest BCUT2D eigenvalue weighted by Gasteiger charge is 2.30. The van der Waals surface area contributed by atoms with Gasteiger partial charge < -0.3 is 4.74 Å². The molecule has 2 heterocycles. The van der Waals surface area contributed by atoms with Crippen molar-refractivity contribution in [1.82, 2.24) is 4.31 Å². The molecule has 1 aromatic heterocycles.